The number of carboxylic acid groups (broad SMARTS) is 1. The summed E-state index contributed by atoms with van der Waals surface area (Å²) in [7, 11) is 1.33. The fourth-order valence-electron chi connectivity index (χ4n) is 8.15. The first kappa shape index (κ1) is 59.1. The second-order valence-electron chi connectivity index (χ2n) is 18.5. The molecule has 3 aliphatic heterocycles. The number of imide groups is 1. The van der Waals surface area contributed by atoms with Crippen LogP contribution in [-0.4, -0.2) is 147 Å². The summed E-state index contributed by atoms with van der Waals surface area (Å²) in [6.45, 7) is 11.6. The number of nitrogens with zero attached hydrogens (tertiary/aromatic N) is 1. The van der Waals surface area contributed by atoms with Crippen LogP contribution in [0.2, 0.25) is 0 Å². The molecule has 0 aromatic heterocycles. The van der Waals surface area contributed by atoms with E-state index in [2.05, 4.69) is 16.0 Å². The number of carboxylic acids is 1. The maximum atomic E-state index is 12.9. The molecule has 2 aromatic rings. The molecule has 3 aliphatic rings. The van der Waals surface area contributed by atoms with E-state index in [9.17, 15) is 63.9 Å². The largest absolute Gasteiger partial charge is 0.483 e. The van der Waals surface area contributed by atoms with Crippen LogP contribution in [-0.2, 0) is 70.5 Å². The van der Waals surface area contributed by atoms with Gasteiger partial charge in [0, 0.05) is 57.8 Å². The monoisotopic (exact) mass is 1030 g/mol. The molecule has 10 unspecified atom stereocenters. The lowest BCUT2D eigenvalue weighted by Gasteiger charge is -2.45. The van der Waals surface area contributed by atoms with Crippen molar-refractivity contribution < 1.29 is 92.3 Å². The zero-order valence-electron chi connectivity index (χ0n) is 42.2. The predicted octanol–water partition coefficient (Wildman–Crippen LogP) is 2.09. The molecule has 0 radical (unpaired) electrons. The Hall–Kier alpha value is -6.50. The molecule has 5 amide bonds. The predicted molar refractivity (Wildman–Crippen MR) is 257 cm³/mol. The Bertz CT molecular complexity index is 2320. The van der Waals surface area contributed by atoms with E-state index in [4.69, 9.17) is 28.4 Å². The normalized spacial score (nSPS) is 24.6. The molecule has 23 nitrogen and oxygen atoms in total. The molecule has 402 valence electrons. The van der Waals surface area contributed by atoms with Crippen LogP contribution in [0.15, 0.2) is 48.6 Å². The van der Waals surface area contributed by atoms with Crippen LogP contribution in [0.5, 0.6) is 11.5 Å². The number of hydrogen-bond acceptors (Lipinski definition) is 18. The standard InChI is InChI=1S/C31H41N3O13.C19H27NO6/c1-17(35)45-16-18-8-9-20(47-31(2,3)29-27(42)25(40)26(41)28(46-29)30(43)44)19(15-18)33-22(37)12-13-32-21(36)7-5-4-6-14-34-23(38)10-11-24(34)39;1-10-11(2)17(18(23)24-5)26-19(12(10)3)25-16-7-6-14(9-21)8-15(16)20-13(4)22/h8-11,15,25-29,40-42H,4-7,12-14,16H2,1-3H3,(H,32,36)(H,33,37)(H,43,44);6-8,10-12,17,19,21H,9H2,1-5H3,(H,20,22). The van der Waals surface area contributed by atoms with Crippen molar-refractivity contribution in [2.24, 2.45) is 17.8 Å². The van der Waals surface area contributed by atoms with E-state index in [0.29, 0.717) is 41.8 Å². The van der Waals surface area contributed by atoms with Gasteiger partial charge in [-0.2, -0.15) is 0 Å². The third kappa shape index (κ3) is 16.5. The van der Waals surface area contributed by atoms with E-state index in [1.807, 2.05) is 20.8 Å². The van der Waals surface area contributed by atoms with E-state index in [0.717, 1.165) is 4.90 Å². The minimum absolute atomic E-state index is 0.0103. The van der Waals surface area contributed by atoms with E-state index in [1.165, 1.54) is 59.1 Å². The first-order valence-electron chi connectivity index (χ1n) is 23.8. The van der Waals surface area contributed by atoms with Gasteiger partial charge in [0.1, 0.15) is 48.1 Å². The summed E-state index contributed by atoms with van der Waals surface area (Å²) in [6.07, 6.45) is -5.90. The number of ether oxygens (including phenoxy) is 6. The Balaban J connectivity index is 0.000000374. The van der Waals surface area contributed by atoms with E-state index in [1.54, 1.807) is 24.3 Å². The SMILES string of the molecule is CC(=O)OCc1ccc(OC(C)(C)C2OC(C(=O)O)C(O)C(O)C2O)c(NC(=O)CCNC(=O)CCCCCN2C(=O)C=CC2=O)c1.COC(=O)C1OC(Oc2ccc(CO)cc2NC(C)=O)C(C)C(C)C1C. The minimum atomic E-state index is -1.89. The lowest BCUT2D eigenvalue weighted by molar-refractivity contribution is -0.254. The number of carbonyl (C=O) groups excluding carboxylic acids is 7. The molecular formula is C50H68N4O19. The average Bonchev–Trinajstić information content (AvgIpc) is 3.65. The Kier molecular flexibility index (Phi) is 21.8. The van der Waals surface area contributed by atoms with Gasteiger partial charge in [-0.05, 0) is 73.9 Å². The van der Waals surface area contributed by atoms with Crippen LogP contribution >= 0.6 is 0 Å². The summed E-state index contributed by atoms with van der Waals surface area (Å²) in [5.41, 5.74) is 0.191. The number of benzene rings is 2. The van der Waals surface area contributed by atoms with Crippen molar-refractivity contribution in [2.75, 3.05) is 30.8 Å². The first-order valence-corrected chi connectivity index (χ1v) is 23.8. The second-order valence-corrected chi connectivity index (χ2v) is 18.5. The van der Waals surface area contributed by atoms with Gasteiger partial charge in [-0.3, -0.25) is 33.7 Å². The van der Waals surface area contributed by atoms with Gasteiger partial charge in [-0.25, -0.2) is 9.59 Å². The van der Waals surface area contributed by atoms with Crippen LogP contribution in [0.3, 0.4) is 0 Å². The molecule has 2 saturated heterocycles. The highest BCUT2D eigenvalue weighted by Gasteiger charge is 2.53. The number of carbonyl (C=O) groups is 8. The van der Waals surface area contributed by atoms with Crippen LogP contribution in [0.1, 0.15) is 91.7 Å². The molecule has 2 fully saturated rings. The average molecular weight is 1030 g/mol. The lowest BCUT2D eigenvalue weighted by atomic mass is 9.79. The number of anilines is 2. The zero-order chi connectivity index (χ0) is 54.3. The third-order valence-corrected chi connectivity index (χ3v) is 12.6. The topological polar surface area (TPSA) is 332 Å². The van der Waals surface area contributed by atoms with Gasteiger partial charge in [0.15, 0.2) is 12.2 Å². The van der Waals surface area contributed by atoms with Crippen LogP contribution in [0, 0.1) is 17.8 Å². The zero-order valence-corrected chi connectivity index (χ0v) is 42.2. The maximum Gasteiger partial charge on any atom is 0.335 e. The quantitative estimate of drug-likeness (QED) is 0.0504. The van der Waals surface area contributed by atoms with E-state index in [-0.39, 0.29) is 92.0 Å². The minimum Gasteiger partial charge on any atom is -0.483 e. The highest BCUT2D eigenvalue weighted by atomic mass is 16.7. The molecule has 23 heteroatoms. The summed E-state index contributed by atoms with van der Waals surface area (Å²) in [5.74, 6) is -3.59. The van der Waals surface area contributed by atoms with Gasteiger partial charge < -0.3 is 69.9 Å². The van der Waals surface area contributed by atoms with Crippen molar-refractivity contribution in [2.45, 2.75) is 142 Å². The molecular weight excluding hydrogens is 961 g/mol. The van der Waals surface area contributed by atoms with Gasteiger partial charge in [-0.15, -0.1) is 0 Å². The molecule has 0 aliphatic carbocycles. The molecule has 0 spiro atoms. The number of amides is 5. The van der Waals surface area contributed by atoms with Gasteiger partial charge >= 0.3 is 17.9 Å². The number of nitrogens with one attached hydrogen (secondary N) is 3. The fourth-order valence-corrected chi connectivity index (χ4v) is 8.15. The van der Waals surface area contributed by atoms with E-state index < -0.39 is 72.3 Å². The van der Waals surface area contributed by atoms with Crippen molar-refractivity contribution >= 4 is 58.8 Å². The molecule has 3 heterocycles. The van der Waals surface area contributed by atoms with Crippen LogP contribution in [0.4, 0.5) is 11.4 Å². The third-order valence-electron chi connectivity index (χ3n) is 12.6. The van der Waals surface area contributed by atoms with Crippen LogP contribution < -0.4 is 25.4 Å². The summed E-state index contributed by atoms with van der Waals surface area (Å²) in [5, 5.41) is 57.7. The lowest BCUT2D eigenvalue weighted by Crippen LogP contribution is -2.65. The smallest absolute Gasteiger partial charge is 0.335 e. The number of aliphatic hydroxyl groups is 4. The van der Waals surface area contributed by atoms with Crippen molar-refractivity contribution in [3.8, 4) is 11.5 Å². The Morgan fingerprint density at radius 1 is 0.740 bits per heavy atom. The maximum absolute atomic E-state index is 12.9. The number of aliphatic hydroxyl groups excluding tert-OH is 4. The van der Waals surface area contributed by atoms with Gasteiger partial charge in [-0.1, -0.05) is 39.3 Å². The van der Waals surface area contributed by atoms with Crippen molar-refractivity contribution in [3.05, 3.63) is 59.7 Å². The summed E-state index contributed by atoms with van der Waals surface area (Å²) in [6, 6.07) is 9.52. The molecule has 8 N–H and O–H groups in total. The van der Waals surface area contributed by atoms with Crippen LogP contribution in [0.25, 0.3) is 0 Å². The number of aliphatic carboxylic acids is 1. The molecule has 5 rings (SSSR count). The first-order chi connectivity index (χ1) is 34.4. The summed E-state index contributed by atoms with van der Waals surface area (Å²) >= 11 is 0. The Morgan fingerprint density at radius 2 is 1.37 bits per heavy atom. The number of rotatable bonds is 21. The van der Waals surface area contributed by atoms with Crippen molar-refractivity contribution in [1.82, 2.24) is 10.2 Å². The van der Waals surface area contributed by atoms with Crippen molar-refractivity contribution in [1.29, 1.82) is 0 Å². The summed E-state index contributed by atoms with van der Waals surface area (Å²) in [4.78, 5) is 95.8. The summed E-state index contributed by atoms with van der Waals surface area (Å²) < 4.78 is 33.3. The number of hydrogen-bond donors (Lipinski definition) is 8. The van der Waals surface area contributed by atoms with Crippen molar-refractivity contribution in [3.63, 3.8) is 0 Å². The van der Waals surface area contributed by atoms with Gasteiger partial charge in [0.2, 0.25) is 24.0 Å². The Labute approximate surface area is 422 Å². The molecule has 0 bridgehead atoms. The highest BCUT2D eigenvalue weighted by molar-refractivity contribution is 6.12. The fraction of sp³-hybridized carbons (Fsp3) is 0.560. The molecule has 0 saturated carbocycles. The number of unbranched alkanes of at least 4 members (excludes halogenated alkanes) is 2. The number of methoxy groups -OCH3 is 1. The molecule has 73 heavy (non-hydrogen) atoms. The van der Waals surface area contributed by atoms with E-state index >= 15 is 0 Å². The Morgan fingerprint density at radius 3 is 1.99 bits per heavy atom. The molecule has 10 atom stereocenters. The molecule has 2 aromatic carbocycles. The van der Waals surface area contributed by atoms with Gasteiger partial charge in [0.25, 0.3) is 11.8 Å². The number of esters is 2. The van der Waals surface area contributed by atoms with Gasteiger partial charge in [0.05, 0.1) is 25.1 Å². The highest BCUT2D eigenvalue weighted by Crippen LogP contribution is 2.39. The second kappa shape index (κ2) is 27.0.